The molecule has 0 aliphatic carbocycles. The van der Waals surface area contributed by atoms with Crippen LogP contribution in [-0.4, -0.2) is 66.8 Å². The summed E-state index contributed by atoms with van der Waals surface area (Å²) in [7, 11) is 0. The van der Waals surface area contributed by atoms with E-state index >= 15 is 0 Å². The standard InChI is InChI=1S/C13H18N4O3S/c14-8-11(18)15-9-12(19)16-3-5-17(6-4-16)13(20)10-2-1-7-21-10/h1-2,7H,3-6,8-9,14H2,(H,15,18). The molecule has 3 amide bonds. The molecule has 114 valence electrons. The van der Waals surface area contributed by atoms with Crippen LogP contribution >= 0.6 is 11.3 Å². The smallest absolute Gasteiger partial charge is 0.264 e. The average molecular weight is 310 g/mol. The average Bonchev–Trinajstić information content (AvgIpc) is 3.06. The number of piperazine rings is 1. The first-order valence-electron chi connectivity index (χ1n) is 6.69. The highest BCUT2D eigenvalue weighted by Crippen LogP contribution is 2.13. The number of nitrogens with two attached hydrogens (primary N) is 1. The molecule has 1 aliphatic rings. The summed E-state index contributed by atoms with van der Waals surface area (Å²) in [6, 6.07) is 3.64. The molecule has 0 aromatic carbocycles. The number of hydrogen-bond acceptors (Lipinski definition) is 5. The van der Waals surface area contributed by atoms with E-state index in [4.69, 9.17) is 5.73 Å². The summed E-state index contributed by atoms with van der Waals surface area (Å²) in [6.07, 6.45) is 0. The monoisotopic (exact) mass is 310 g/mol. The SMILES string of the molecule is NCC(=O)NCC(=O)N1CCN(C(=O)c2cccs2)CC1. The minimum Gasteiger partial charge on any atom is -0.346 e. The molecule has 0 atom stereocenters. The van der Waals surface area contributed by atoms with Gasteiger partial charge in [-0.2, -0.15) is 0 Å². The zero-order valence-corrected chi connectivity index (χ0v) is 12.4. The zero-order chi connectivity index (χ0) is 15.2. The number of rotatable bonds is 4. The minimum absolute atomic E-state index is 0.00790. The van der Waals surface area contributed by atoms with Crippen LogP contribution in [0.1, 0.15) is 9.67 Å². The van der Waals surface area contributed by atoms with Gasteiger partial charge in [0.2, 0.25) is 11.8 Å². The molecule has 21 heavy (non-hydrogen) atoms. The summed E-state index contributed by atoms with van der Waals surface area (Å²) >= 11 is 1.41. The van der Waals surface area contributed by atoms with Crippen molar-refractivity contribution in [3.8, 4) is 0 Å². The molecule has 0 saturated carbocycles. The van der Waals surface area contributed by atoms with Crippen molar-refractivity contribution in [1.29, 1.82) is 0 Å². The third-order valence-electron chi connectivity index (χ3n) is 3.27. The van der Waals surface area contributed by atoms with Crippen molar-refractivity contribution in [2.24, 2.45) is 5.73 Å². The summed E-state index contributed by atoms with van der Waals surface area (Å²) in [5.41, 5.74) is 5.15. The maximum atomic E-state index is 12.2. The molecule has 0 unspecified atom stereocenters. The molecule has 1 saturated heterocycles. The van der Waals surface area contributed by atoms with Gasteiger partial charge in [0, 0.05) is 26.2 Å². The molecule has 0 bridgehead atoms. The summed E-state index contributed by atoms with van der Waals surface area (Å²) in [5.74, 6) is -0.497. The first-order chi connectivity index (χ1) is 10.1. The van der Waals surface area contributed by atoms with E-state index in [1.807, 2.05) is 11.4 Å². The number of amides is 3. The van der Waals surface area contributed by atoms with Crippen LogP contribution in [-0.2, 0) is 9.59 Å². The Hall–Kier alpha value is -1.93. The van der Waals surface area contributed by atoms with Crippen molar-refractivity contribution >= 4 is 29.1 Å². The third-order valence-corrected chi connectivity index (χ3v) is 4.13. The van der Waals surface area contributed by atoms with Crippen LogP contribution in [0.4, 0.5) is 0 Å². The number of nitrogens with zero attached hydrogens (tertiary/aromatic N) is 2. The molecule has 1 aromatic rings. The van der Waals surface area contributed by atoms with Gasteiger partial charge in [0.25, 0.3) is 5.91 Å². The number of thiophene rings is 1. The Morgan fingerprint density at radius 1 is 1.19 bits per heavy atom. The van der Waals surface area contributed by atoms with Gasteiger partial charge < -0.3 is 20.9 Å². The molecule has 3 N–H and O–H groups in total. The molecule has 2 rings (SSSR count). The van der Waals surface area contributed by atoms with Crippen molar-refractivity contribution in [3.63, 3.8) is 0 Å². The van der Waals surface area contributed by atoms with Gasteiger partial charge in [0.1, 0.15) is 0 Å². The Balaban J connectivity index is 1.79. The van der Waals surface area contributed by atoms with E-state index in [0.29, 0.717) is 31.1 Å². The molecule has 1 aliphatic heterocycles. The topological polar surface area (TPSA) is 95.7 Å². The fourth-order valence-electron chi connectivity index (χ4n) is 2.07. The van der Waals surface area contributed by atoms with Crippen molar-refractivity contribution in [2.75, 3.05) is 39.3 Å². The molecule has 0 radical (unpaired) electrons. The van der Waals surface area contributed by atoms with Gasteiger partial charge in [-0.1, -0.05) is 6.07 Å². The first-order valence-corrected chi connectivity index (χ1v) is 7.57. The van der Waals surface area contributed by atoms with Crippen LogP contribution in [0.15, 0.2) is 17.5 Å². The molecule has 0 spiro atoms. The molecule has 1 fully saturated rings. The highest BCUT2D eigenvalue weighted by atomic mass is 32.1. The molecule has 1 aromatic heterocycles. The quantitative estimate of drug-likeness (QED) is 0.754. The summed E-state index contributed by atoms with van der Waals surface area (Å²) in [6.45, 7) is 1.80. The summed E-state index contributed by atoms with van der Waals surface area (Å²) < 4.78 is 0. The molecule has 2 heterocycles. The fraction of sp³-hybridized carbons (Fsp3) is 0.462. The van der Waals surface area contributed by atoms with Gasteiger partial charge in [-0.25, -0.2) is 0 Å². The second kappa shape index (κ2) is 7.19. The number of hydrogen-bond donors (Lipinski definition) is 2. The van der Waals surface area contributed by atoms with Crippen LogP contribution in [0.5, 0.6) is 0 Å². The van der Waals surface area contributed by atoms with E-state index in [0.717, 1.165) is 0 Å². The molecule has 8 heteroatoms. The summed E-state index contributed by atoms with van der Waals surface area (Å²) in [4.78, 5) is 39.2. The highest BCUT2D eigenvalue weighted by Gasteiger charge is 2.25. The second-order valence-corrected chi connectivity index (χ2v) is 5.58. The second-order valence-electron chi connectivity index (χ2n) is 4.63. The van der Waals surface area contributed by atoms with Crippen molar-refractivity contribution in [3.05, 3.63) is 22.4 Å². The van der Waals surface area contributed by atoms with Crippen molar-refractivity contribution in [1.82, 2.24) is 15.1 Å². The van der Waals surface area contributed by atoms with E-state index in [9.17, 15) is 14.4 Å². The maximum absolute atomic E-state index is 12.2. The Morgan fingerprint density at radius 2 is 1.86 bits per heavy atom. The molecular formula is C13H18N4O3S. The highest BCUT2D eigenvalue weighted by molar-refractivity contribution is 7.12. The van der Waals surface area contributed by atoms with Gasteiger partial charge in [-0.3, -0.25) is 14.4 Å². The van der Waals surface area contributed by atoms with E-state index in [1.165, 1.54) is 11.3 Å². The van der Waals surface area contributed by atoms with Gasteiger partial charge in [0.15, 0.2) is 0 Å². The normalized spacial score (nSPS) is 14.9. The van der Waals surface area contributed by atoms with E-state index in [2.05, 4.69) is 5.32 Å². The van der Waals surface area contributed by atoms with Crippen molar-refractivity contribution < 1.29 is 14.4 Å². The van der Waals surface area contributed by atoms with Crippen LogP contribution in [0.2, 0.25) is 0 Å². The Kier molecular flexibility index (Phi) is 5.29. The van der Waals surface area contributed by atoms with Gasteiger partial charge in [0.05, 0.1) is 18.0 Å². The van der Waals surface area contributed by atoms with Gasteiger partial charge in [-0.05, 0) is 11.4 Å². The lowest BCUT2D eigenvalue weighted by molar-refractivity contribution is -0.133. The minimum atomic E-state index is -0.352. The number of carbonyl (C=O) groups excluding carboxylic acids is 3. The predicted molar refractivity (Wildman–Crippen MR) is 78.9 cm³/mol. The Bertz CT molecular complexity index is 509. The van der Waals surface area contributed by atoms with Crippen molar-refractivity contribution in [2.45, 2.75) is 0 Å². The van der Waals surface area contributed by atoms with Crippen LogP contribution < -0.4 is 11.1 Å². The van der Waals surface area contributed by atoms with E-state index < -0.39 is 0 Å². The Labute approximate surface area is 126 Å². The number of nitrogens with one attached hydrogen (secondary N) is 1. The fourth-order valence-corrected chi connectivity index (χ4v) is 2.76. The molecule has 7 nitrogen and oxygen atoms in total. The molecular weight excluding hydrogens is 292 g/mol. The van der Waals surface area contributed by atoms with E-state index in [1.54, 1.807) is 15.9 Å². The lowest BCUT2D eigenvalue weighted by atomic mass is 10.3. The van der Waals surface area contributed by atoms with Crippen LogP contribution in [0.25, 0.3) is 0 Å². The third kappa shape index (κ3) is 4.02. The largest absolute Gasteiger partial charge is 0.346 e. The maximum Gasteiger partial charge on any atom is 0.264 e. The summed E-state index contributed by atoms with van der Waals surface area (Å²) in [5, 5.41) is 4.32. The van der Waals surface area contributed by atoms with Crippen LogP contribution in [0.3, 0.4) is 0 Å². The van der Waals surface area contributed by atoms with Crippen LogP contribution in [0, 0.1) is 0 Å². The van der Waals surface area contributed by atoms with Gasteiger partial charge in [-0.15, -0.1) is 11.3 Å². The zero-order valence-electron chi connectivity index (χ0n) is 11.6. The lowest BCUT2D eigenvalue weighted by Gasteiger charge is -2.34. The van der Waals surface area contributed by atoms with E-state index in [-0.39, 0.29) is 30.8 Å². The first kappa shape index (κ1) is 15.5. The Morgan fingerprint density at radius 3 is 2.43 bits per heavy atom. The lowest BCUT2D eigenvalue weighted by Crippen LogP contribution is -2.52. The predicted octanol–water partition coefficient (Wildman–Crippen LogP) is -0.893. The van der Waals surface area contributed by atoms with Gasteiger partial charge >= 0.3 is 0 Å². The number of carbonyl (C=O) groups is 3.